The van der Waals surface area contributed by atoms with Gasteiger partial charge in [0.25, 0.3) is 0 Å². The molecule has 1 aromatic heterocycles. The van der Waals surface area contributed by atoms with Crippen LogP contribution in [0.25, 0.3) is 0 Å². The lowest BCUT2D eigenvalue weighted by molar-refractivity contribution is -0.140. The van der Waals surface area contributed by atoms with Gasteiger partial charge in [-0.2, -0.15) is 0 Å². The predicted octanol–water partition coefficient (Wildman–Crippen LogP) is 1.61. The van der Waals surface area contributed by atoms with Gasteiger partial charge >= 0.3 is 0 Å². The highest BCUT2D eigenvalue weighted by atomic mass is 16.2. The van der Waals surface area contributed by atoms with E-state index in [9.17, 15) is 4.79 Å². The minimum Gasteiger partial charge on any atom is -0.298 e. The Labute approximate surface area is 171 Å². The topological polar surface area (TPSA) is 72.9 Å². The van der Waals surface area contributed by atoms with Crippen LogP contribution in [0.3, 0.4) is 0 Å². The molecule has 0 radical (unpaired) electrons. The number of carbonyl (C=O) groups excluding carboxylic acids is 1. The molecule has 0 aromatic carbocycles. The maximum absolute atomic E-state index is 12.8. The van der Waals surface area contributed by atoms with Crippen molar-refractivity contribution in [1.82, 2.24) is 25.6 Å². The van der Waals surface area contributed by atoms with Gasteiger partial charge in [0.2, 0.25) is 5.91 Å². The van der Waals surface area contributed by atoms with Crippen LogP contribution in [0.1, 0.15) is 31.4 Å². The predicted molar refractivity (Wildman–Crippen MR) is 112 cm³/mol. The molecule has 2 fully saturated rings. The molecule has 0 spiro atoms. The third-order valence-corrected chi connectivity index (χ3v) is 6.27. The first kappa shape index (κ1) is 18.5. The molecule has 0 saturated carbocycles. The molecule has 0 bridgehead atoms. The van der Waals surface area contributed by atoms with Gasteiger partial charge in [0.1, 0.15) is 5.84 Å². The monoisotopic (exact) mass is 392 g/mol. The van der Waals surface area contributed by atoms with E-state index in [-0.39, 0.29) is 24.2 Å². The molecular weight excluding hydrogens is 364 g/mol. The van der Waals surface area contributed by atoms with Crippen molar-refractivity contribution in [3.05, 3.63) is 54.4 Å². The third-order valence-electron chi connectivity index (χ3n) is 6.27. The van der Waals surface area contributed by atoms with Gasteiger partial charge in [-0.25, -0.2) is 10.0 Å². The van der Waals surface area contributed by atoms with Gasteiger partial charge in [-0.05, 0) is 37.9 Å². The minimum absolute atomic E-state index is 0.119. The molecule has 7 heteroatoms. The lowest BCUT2D eigenvalue weighted by Gasteiger charge is -2.37. The number of amidine groups is 1. The Morgan fingerprint density at radius 1 is 1.24 bits per heavy atom. The molecule has 2 N–H and O–H groups in total. The molecular formula is C22H28N6O. The fraction of sp³-hybridized carbons (Fsp3) is 0.500. The lowest BCUT2D eigenvalue weighted by Crippen LogP contribution is -2.61. The highest BCUT2D eigenvalue weighted by Gasteiger charge is 2.40. The number of carbonyl (C=O) groups is 1. The number of nitrogens with zero attached hydrogens (tertiary/aromatic N) is 4. The molecule has 3 aliphatic heterocycles. The smallest absolute Gasteiger partial charge is 0.245 e. The second-order valence-corrected chi connectivity index (χ2v) is 8.30. The number of nitrogens with one attached hydrogen (secondary N) is 2. The zero-order valence-electron chi connectivity index (χ0n) is 16.6. The maximum Gasteiger partial charge on any atom is 0.245 e. The Balaban J connectivity index is 1.22. The van der Waals surface area contributed by atoms with Gasteiger partial charge in [-0.1, -0.05) is 30.4 Å². The first-order chi connectivity index (χ1) is 14.3. The molecule has 4 atom stereocenters. The molecule has 1 aliphatic carbocycles. The molecule has 152 valence electrons. The van der Waals surface area contributed by atoms with Gasteiger partial charge in [-0.3, -0.25) is 25.4 Å². The standard InChI is InChI=1S/C22H28N6O/c29-20-14-18(15-27-12-6-10-19(27)13-17-9-4-5-11-23-17)24-22-25-21(26-28(20)22)16-7-2-1-3-8-16/h1-5,7,9,11,16,18-19,22,24H,6,8,10,12-15H2,(H,25,26). The number of aliphatic imine (C=N–C) groups is 1. The van der Waals surface area contributed by atoms with E-state index in [4.69, 9.17) is 4.99 Å². The van der Waals surface area contributed by atoms with Crippen LogP contribution in [0.15, 0.2) is 53.7 Å². The van der Waals surface area contributed by atoms with Crippen LogP contribution >= 0.6 is 0 Å². The summed E-state index contributed by atoms with van der Waals surface area (Å²) in [4.78, 5) is 24.5. The van der Waals surface area contributed by atoms with Crippen molar-refractivity contribution in [3.63, 3.8) is 0 Å². The fourth-order valence-corrected chi connectivity index (χ4v) is 4.78. The molecule has 4 unspecified atom stereocenters. The quantitative estimate of drug-likeness (QED) is 0.797. The number of pyridine rings is 1. The van der Waals surface area contributed by atoms with Crippen LogP contribution in [0.4, 0.5) is 0 Å². The number of hydrazine groups is 1. The second kappa shape index (κ2) is 8.08. The summed E-state index contributed by atoms with van der Waals surface area (Å²) < 4.78 is 0. The van der Waals surface area contributed by atoms with Gasteiger partial charge in [0.15, 0.2) is 6.29 Å². The van der Waals surface area contributed by atoms with Crippen LogP contribution in [0, 0.1) is 5.92 Å². The van der Waals surface area contributed by atoms with Gasteiger partial charge in [-0.15, -0.1) is 0 Å². The molecule has 1 aromatic rings. The summed E-state index contributed by atoms with van der Waals surface area (Å²) >= 11 is 0. The van der Waals surface area contributed by atoms with Crippen molar-refractivity contribution < 1.29 is 4.79 Å². The average molecular weight is 393 g/mol. The van der Waals surface area contributed by atoms with Crippen molar-refractivity contribution in [3.8, 4) is 0 Å². The Morgan fingerprint density at radius 3 is 3.03 bits per heavy atom. The van der Waals surface area contributed by atoms with Crippen LogP contribution in [-0.2, 0) is 11.2 Å². The van der Waals surface area contributed by atoms with Crippen LogP contribution in [0.2, 0.25) is 0 Å². The van der Waals surface area contributed by atoms with Crippen molar-refractivity contribution in [2.45, 2.75) is 50.5 Å². The van der Waals surface area contributed by atoms with Crippen molar-refractivity contribution in [2.75, 3.05) is 13.1 Å². The zero-order chi connectivity index (χ0) is 19.6. The van der Waals surface area contributed by atoms with Crippen molar-refractivity contribution in [2.24, 2.45) is 10.9 Å². The summed E-state index contributed by atoms with van der Waals surface area (Å²) in [5.74, 6) is 1.22. The molecule has 1 amide bonds. The number of rotatable bonds is 5. The van der Waals surface area contributed by atoms with E-state index in [1.54, 1.807) is 5.01 Å². The highest BCUT2D eigenvalue weighted by molar-refractivity contribution is 5.91. The first-order valence-corrected chi connectivity index (χ1v) is 10.7. The summed E-state index contributed by atoms with van der Waals surface area (Å²) in [5, 5.41) is 5.24. The van der Waals surface area contributed by atoms with E-state index in [1.807, 2.05) is 18.3 Å². The largest absolute Gasteiger partial charge is 0.298 e. The number of hydrogen-bond acceptors (Lipinski definition) is 6. The fourth-order valence-electron chi connectivity index (χ4n) is 4.78. The Bertz CT molecular complexity index is 835. The molecule has 2 saturated heterocycles. The third kappa shape index (κ3) is 3.97. The Hall–Kier alpha value is -2.51. The van der Waals surface area contributed by atoms with Crippen LogP contribution in [0.5, 0.6) is 0 Å². The van der Waals surface area contributed by atoms with Gasteiger partial charge < -0.3 is 0 Å². The van der Waals surface area contributed by atoms with E-state index in [0.717, 1.165) is 37.5 Å². The molecule has 7 nitrogen and oxygen atoms in total. The average Bonchev–Trinajstić information content (AvgIpc) is 3.37. The SMILES string of the molecule is O=C1CC(CN2CCCC2Cc2ccccn2)NC2N=C(C3C=CC=CC3)NN12. The maximum atomic E-state index is 12.8. The van der Waals surface area contributed by atoms with E-state index in [0.29, 0.717) is 12.5 Å². The Kier molecular flexibility index (Phi) is 5.16. The number of aromatic nitrogens is 1. The summed E-state index contributed by atoms with van der Waals surface area (Å²) in [6.45, 7) is 1.97. The van der Waals surface area contributed by atoms with Crippen LogP contribution in [-0.4, -0.2) is 58.1 Å². The van der Waals surface area contributed by atoms with E-state index in [2.05, 4.69) is 51.0 Å². The summed E-state index contributed by atoms with van der Waals surface area (Å²) in [5.41, 5.74) is 4.38. The molecule has 4 heterocycles. The number of allylic oxidation sites excluding steroid dienone is 3. The zero-order valence-corrected chi connectivity index (χ0v) is 16.6. The van der Waals surface area contributed by atoms with Crippen molar-refractivity contribution >= 4 is 11.7 Å². The van der Waals surface area contributed by atoms with Gasteiger partial charge in [0.05, 0.1) is 0 Å². The molecule has 29 heavy (non-hydrogen) atoms. The molecule has 5 rings (SSSR count). The minimum atomic E-state index is -0.299. The second-order valence-electron chi connectivity index (χ2n) is 8.30. The highest BCUT2D eigenvalue weighted by Crippen LogP contribution is 2.24. The van der Waals surface area contributed by atoms with Crippen molar-refractivity contribution in [1.29, 1.82) is 0 Å². The van der Waals surface area contributed by atoms with E-state index < -0.39 is 0 Å². The summed E-state index contributed by atoms with van der Waals surface area (Å²) in [6, 6.07) is 6.74. The number of fused-ring (bicyclic) bond motifs is 1. The van der Waals surface area contributed by atoms with Gasteiger partial charge in [0, 0.05) is 49.3 Å². The number of likely N-dealkylation sites (tertiary alicyclic amines) is 1. The number of amides is 1. The van der Waals surface area contributed by atoms with Crippen LogP contribution < -0.4 is 10.7 Å². The summed E-state index contributed by atoms with van der Waals surface area (Å²) in [6.07, 6.45) is 14.7. The Morgan fingerprint density at radius 2 is 2.21 bits per heavy atom. The summed E-state index contributed by atoms with van der Waals surface area (Å²) in [7, 11) is 0. The van der Waals surface area contributed by atoms with E-state index >= 15 is 0 Å². The normalized spacial score (nSPS) is 31.7. The van der Waals surface area contributed by atoms with E-state index in [1.165, 1.54) is 12.8 Å². The number of hydrogen-bond donors (Lipinski definition) is 2. The first-order valence-electron chi connectivity index (χ1n) is 10.7. The lowest BCUT2D eigenvalue weighted by atomic mass is 10.00. The molecule has 4 aliphatic rings.